The Morgan fingerprint density at radius 1 is 1.29 bits per heavy atom. The summed E-state index contributed by atoms with van der Waals surface area (Å²) < 4.78 is 0.935. The Balaban J connectivity index is 1.97. The lowest BCUT2D eigenvalue weighted by molar-refractivity contribution is 0.0167. The molecule has 0 bridgehead atoms. The Morgan fingerprint density at radius 2 is 2.00 bits per heavy atom. The predicted molar refractivity (Wildman–Crippen MR) is 75.7 cm³/mol. The third kappa shape index (κ3) is 3.60. The average molecular weight is 319 g/mol. The molecule has 0 aliphatic heterocycles. The maximum absolute atomic E-state index is 10.4. The molecular formula is C13H17BrClNO. The van der Waals surface area contributed by atoms with Crippen LogP contribution in [0.25, 0.3) is 0 Å². The molecule has 0 radical (unpaired) electrons. The second-order valence-electron chi connectivity index (χ2n) is 4.76. The molecule has 1 fully saturated rings. The number of nitrogens with one attached hydrogen (secondary N) is 1. The summed E-state index contributed by atoms with van der Waals surface area (Å²) in [7, 11) is 0. The Kier molecular flexibility index (Phi) is 4.34. The number of rotatable bonds is 3. The lowest BCUT2D eigenvalue weighted by atomic mass is 9.85. The molecule has 0 atom stereocenters. The van der Waals surface area contributed by atoms with Crippen molar-refractivity contribution in [2.75, 3.05) is 11.9 Å². The van der Waals surface area contributed by atoms with E-state index >= 15 is 0 Å². The normalized spacial score (nSPS) is 19.0. The van der Waals surface area contributed by atoms with Crippen molar-refractivity contribution in [2.45, 2.75) is 37.7 Å². The van der Waals surface area contributed by atoms with Gasteiger partial charge in [-0.1, -0.05) is 30.9 Å². The molecule has 94 valence electrons. The molecular weight excluding hydrogens is 302 g/mol. The van der Waals surface area contributed by atoms with Gasteiger partial charge in [-0.3, -0.25) is 0 Å². The summed E-state index contributed by atoms with van der Waals surface area (Å²) in [5, 5.41) is 14.4. The van der Waals surface area contributed by atoms with Gasteiger partial charge in [-0.15, -0.1) is 0 Å². The van der Waals surface area contributed by atoms with Crippen molar-refractivity contribution in [3.63, 3.8) is 0 Å². The quantitative estimate of drug-likeness (QED) is 0.875. The van der Waals surface area contributed by atoms with Crippen LogP contribution in [0.1, 0.15) is 32.1 Å². The van der Waals surface area contributed by atoms with E-state index in [2.05, 4.69) is 21.2 Å². The van der Waals surface area contributed by atoms with E-state index in [0.717, 1.165) is 35.8 Å². The average Bonchev–Trinajstić information content (AvgIpc) is 2.29. The molecule has 2 N–H and O–H groups in total. The summed E-state index contributed by atoms with van der Waals surface area (Å²) in [6.07, 6.45) is 5.28. The highest BCUT2D eigenvalue weighted by molar-refractivity contribution is 9.10. The fraction of sp³-hybridized carbons (Fsp3) is 0.538. The summed E-state index contributed by atoms with van der Waals surface area (Å²) in [5.74, 6) is 0. The molecule has 4 heteroatoms. The van der Waals surface area contributed by atoms with Crippen LogP contribution in [-0.2, 0) is 0 Å². The second-order valence-corrected chi connectivity index (χ2v) is 6.05. The van der Waals surface area contributed by atoms with Gasteiger partial charge in [0.2, 0.25) is 0 Å². The van der Waals surface area contributed by atoms with Crippen LogP contribution in [0.3, 0.4) is 0 Å². The van der Waals surface area contributed by atoms with Gasteiger partial charge in [-0.05, 0) is 47.0 Å². The van der Waals surface area contributed by atoms with Crippen molar-refractivity contribution in [2.24, 2.45) is 0 Å². The molecule has 0 spiro atoms. The van der Waals surface area contributed by atoms with Gasteiger partial charge < -0.3 is 10.4 Å². The van der Waals surface area contributed by atoms with E-state index in [-0.39, 0.29) is 0 Å². The third-order valence-corrected chi connectivity index (χ3v) is 4.21. The largest absolute Gasteiger partial charge is 0.388 e. The number of benzene rings is 1. The molecule has 2 rings (SSSR count). The summed E-state index contributed by atoms with van der Waals surface area (Å²) >= 11 is 9.35. The van der Waals surface area contributed by atoms with Gasteiger partial charge in [0.05, 0.1) is 5.60 Å². The van der Waals surface area contributed by atoms with Gasteiger partial charge in [0, 0.05) is 21.7 Å². The van der Waals surface area contributed by atoms with Crippen molar-refractivity contribution in [1.82, 2.24) is 0 Å². The van der Waals surface area contributed by atoms with E-state index in [1.54, 1.807) is 0 Å². The van der Waals surface area contributed by atoms with Gasteiger partial charge in [0.1, 0.15) is 0 Å². The molecule has 2 nitrogen and oxygen atoms in total. The first-order valence-electron chi connectivity index (χ1n) is 6.00. The zero-order valence-electron chi connectivity index (χ0n) is 9.68. The number of aliphatic hydroxyl groups is 1. The lowest BCUT2D eigenvalue weighted by Crippen LogP contribution is -2.38. The number of hydrogen-bond acceptors (Lipinski definition) is 2. The first-order valence-corrected chi connectivity index (χ1v) is 7.17. The van der Waals surface area contributed by atoms with E-state index in [9.17, 15) is 5.11 Å². The van der Waals surface area contributed by atoms with E-state index < -0.39 is 5.60 Å². The third-order valence-electron chi connectivity index (χ3n) is 3.32. The number of anilines is 1. The minimum atomic E-state index is -0.544. The fourth-order valence-electron chi connectivity index (χ4n) is 2.28. The zero-order valence-corrected chi connectivity index (χ0v) is 12.0. The van der Waals surface area contributed by atoms with Crippen molar-refractivity contribution in [3.05, 3.63) is 27.7 Å². The van der Waals surface area contributed by atoms with Gasteiger partial charge >= 0.3 is 0 Å². The summed E-state index contributed by atoms with van der Waals surface area (Å²) in [6, 6.07) is 5.63. The van der Waals surface area contributed by atoms with E-state index in [1.165, 1.54) is 6.42 Å². The standard InChI is InChI=1S/C13H17BrClNO/c14-11-8-10(15)4-5-12(11)16-9-13(17)6-2-1-3-7-13/h4-5,8,16-17H,1-3,6-7,9H2. The first kappa shape index (κ1) is 13.2. The predicted octanol–water partition coefficient (Wildman–Crippen LogP) is 4.21. The minimum absolute atomic E-state index is 0.544. The maximum atomic E-state index is 10.4. The lowest BCUT2D eigenvalue weighted by Gasteiger charge is -2.32. The van der Waals surface area contributed by atoms with Crippen molar-refractivity contribution >= 4 is 33.2 Å². The molecule has 1 saturated carbocycles. The van der Waals surface area contributed by atoms with Gasteiger partial charge in [0.25, 0.3) is 0 Å². The molecule has 1 aromatic carbocycles. The molecule has 1 aliphatic carbocycles. The Morgan fingerprint density at radius 3 is 2.65 bits per heavy atom. The summed E-state index contributed by atoms with van der Waals surface area (Å²) in [6.45, 7) is 0.604. The topological polar surface area (TPSA) is 32.3 Å². The molecule has 17 heavy (non-hydrogen) atoms. The molecule has 1 aliphatic rings. The molecule has 0 heterocycles. The SMILES string of the molecule is OC1(CNc2ccc(Cl)cc2Br)CCCCC1. The molecule has 0 amide bonds. The highest BCUT2D eigenvalue weighted by Gasteiger charge is 2.28. The highest BCUT2D eigenvalue weighted by atomic mass is 79.9. The van der Waals surface area contributed by atoms with Crippen LogP contribution in [0, 0.1) is 0 Å². The van der Waals surface area contributed by atoms with Crippen molar-refractivity contribution in [3.8, 4) is 0 Å². The maximum Gasteiger partial charge on any atom is 0.0819 e. The van der Waals surface area contributed by atoms with E-state index in [1.807, 2.05) is 18.2 Å². The van der Waals surface area contributed by atoms with Crippen LogP contribution in [0.2, 0.25) is 5.02 Å². The highest BCUT2D eigenvalue weighted by Crippen LogP contribution is 2.30. The smallest absolute Gasteiger partial charge is 0.0819 e. The van der Waals surface area contributed by atoms with Crippen LogP contribution >= 0.6 is 27.5 Å². The minimum Gasteiger partial charge on any atom is -0.388 e. The van der Waals surface area contributed by atoms with Crippen LogP contribution in [-0.4, -0.2) is 17.3 Å². The Bertz CT molecular complexity index is 391. The summed E-state index contributed by atoms with van der Waals surface area (Å²) in [4.78, 5) is 0. The van der Waals surface area contributed by atoms with Crippen molar-refractivity contribution in [1.29, 1.82) is 0 Å². The van der Waals surface area contributed by atoms with E-state index in [0.29, 0.717) is 11.6 Å². The van der Waals surface area contributed by atoms with Gasteiger partial charge in [-0.25, -0.2) is 0 Å². The van der Waals surface area contributed by atoms with Gasteiger partial charge in [0.15, 0.2) is 0 Å². The monoisotopic (exact) mass is 317 g/mol. The fourth-order valence-corrected chi connectivity index (χ4v) is 3.10. The Hall–Kier alpha value is -0.250. The molecule has 0 aromatic heterocycles. The molecule has 1 aromatic rings. The second kappa shape index (κ2) is 5.59. The van der Waals surface area contributed by atoms with Crippen molar-refractivity contribution < 1.29 is 5.11 Å². The molecule has 0 saturated heterocycles. The summed E-state index contributed by atoms with van der Waals surface area (Å²) in [5.41, 5.74) is 0.436. The van der Waals surface area contributed by atoms with Crippen LogP contribution in [0.5, 0.6) is 0 Å². The first-order chi connectivity index (χ1) is 8.09. The van der Waals surface area contributed by atoms with Crippen LogP contribution in [0.4, 0.5) is 5.69 Å². The molecule has 0 unspecified atom stereocenters. The van der Waals surface area contributed by atoms with Gasteiger partial charge in [-0.2, -0.15) is 0 Å². The van der Waals surface area contributed by atoms with Crippen LogP contribution < -0.4 is 5.32 Å². The van der Waals surface area contributed by atoms with E-state index in [4.69, 9.17) is 11.6 Å². The van der Waals surface area contributed by atoms with Crippen LogP contribution in [0.15, 0.2) is 22.7 Å². The number of halogens is 2. The Labute approximate surface area is 115 Å². The zero-order chi connectivity index (χ0) is 12.3. The number of hydrogen-bond donors (Lipinski definition) is 2.